The molecule has 8 aromatic rings. The fourth-order valence-electron chi connectivity index (χ4n) is 7.72. The normalized spacial score (nSPS) is 13.7. The highest BCUT2D eigenvalue weighted by molar-refractivity contribution is 7.25. The highest BCUT2D eigenvalue weighted by atomic mass is 32.1. The molecule has 0 saturated carbocycles. The van der Waals surface area contributed by atoms with E-state index in [1.54, 1.807) is 0 Å². The van der Waals surface area contributed by atoms with Gasteiger partial charge in [0.05, 0.1) is 5.52 Å². The van der Waals surface area contributed by atoms with Gasteiger partial charge in [-0.05, 0) is 106 Å². The first kappa shape index (κ1) is 29.1. The molecular formula is C45H38N2S. The van der Waals surface area contributed by atoms with Gasteiger partial charge in [0.25, 0.3) is 0 Å². The van der Waals surface area contributed by atoms with Crippen molar-refractivity contribution in [3.05, 3.63) is 156 Å². The molecule has 0 radical (unpaired) electrons. The topological polar surface area (TPSA) is 8.17 Å². The Labute approximate surface area is 286 Å². The lowest BCUT2D eigenvalue weighted by Gasteiger charge is -2.28. The Hall–Kier alpha value is -5.12. The van der Waals surface area contributed by atoms with Gasteiger partial charge in [0.1, 0.15) is 0 Å². The van der Waals surface area contributed by atoms with Crippen molar-refractivity contribution in [2.45, 2.75) is 45.4 Å². The lowest BCUT2D eigenvalue weighted by molar-refractivity contribution is 0.591. The minimum Gasteiger partial charge on any atom is -0.316 e. The Morgan fingerprint density at radius 2 is 1.23 bits per heavy atom. The van der Waals surface area contributed by atoms with Crippen molar-refractivity contribution in [2.24, 2.45) is 0 Å². The number of aromatic nitrogens is 1. The lowest BCUT2D eigenvalue weighted by atomic mass is 9.82. The molecule has 6 aromatic carbocycles. The van der Waals surface area contributed by atoms with E-state index in [-0.39, 0.29) is 10.8 Å². The van der Waals surface area contributed by atoms with E-state index in [9.17, 15) is 0 Å². The maximum atomic E-state index is 2.46. The van der Waals surface area contributed by atoms with Gasteiger partial charge in [-0.3, -0.25) is 0 Å². The molecule has 0 atom stereocenters. The SMILES string of the molecule is CC(C)(C)c1ccc2sc3ccc(N(c4ccc5c(c4)C(C)(C)c4ccccc4-5)c4ccc5ccn(-c6ccccc6)c5c4)cc3c2c1. The predicted molar refractivity (Wildman–Crippen MR) is 207 cm³/mol. The van der Waals surface area contributed by atoms with Crippen LogP contribution in [0, 0.1) is 0 Å². The van der Waals surface area contributed by atoms with E-state index in [0.29, 0.717) is 0 Å². The molecule has 0 bridgehead atoms. The third-order valence-electron chi connectivity index (χ3n) is 10.4. The summed E-state index contributed by atoms with van der Waals surface area (Å²) in [5.74, 6) is 0. The molecule has 1 aliphatic carbocycles. The number of hydrogen-bond acceptors (Lipinski definition) is 2. The Morgan fingerprint density at radius 1 is 0.583 bits per heavy atom. The second-order valence-corrected chi connectivity index (χ2v) is 15.8. The van der Waals surface area contributed by atoms with Gasteiger partial charge in [0.15, 0.2) is 0 Å². The van der Waals surface area contributed by atoms with Gasteiger partial charge < -0.3 is 9.47 Å². The number of anilines is 3. The summed E-state index contributed by atoms with van der Waals surface area (Å²) in [4.78, 5) is 2.46. The van der Waals surface area contributed by atoms with Crippen LogP contribution in [0.4, 0.5) is 17.1 Å². The molecule has 234 valence electrons. The van der Waals surface area contributed by atoms with Gasteiger partial charge in [0.2, 0.25) is 0 Å². The Morgan fingerprint density at radius 3 is 2.04 bits per heavy atom. The van der Waals surface area contributed by atoms with Crippen LogP contribution in [0.3, 0.4) is 0 Å². The Balaban J connectivity index is 1.27. The fraction of sp³-hybridized carbons (Fsp3) is 0.156. The summed E-state index contributed by atoms with van der Waals surface area (Å²) in [6.07, 6.45) is 2.18. The van der Waals surface area contributed by atoms with Gasteiger partial charge >= 0.3 is 0 Å². The zero-order valence-corrected chi connectivity index (χ0v) is 28.9. The average molecular weight is 639 g/mol. The predicted octanol–water partition coefficient (Wildman–Crippen LogP) is 13.1. The zero-order valence-electron chi connectivity index (χ0n) is 28.1. The quantitative estimate of drug-likeness (QED) is 0.186. The molecule has 0 fully saturated rings. The van der Waals surface area contributed by atoms with Crippen molar-refractivity contribution in [3.8, 4) is 16.8 Å². The molecule has 1 aliphatic rings. The highest BCUT2D eigenvalue weighted by Crippen LogP contribution is 2.51. The van der Waals surface area contributed by atoms with Crippen LogP contribution in [0.15, 0.2) is 140 Å². The van der Waals surface area contributed by atoms with Crippen LogP contribution in [-0.2, 0) is 10.8 Å². The van der Waals surface area contributed by atoms with E-state index >= 15 is 0 Å². The van der Waals surface area contributed by atoms with Crippen molar-refractivity contribution in [3.63, 3.8) is 0 Å². The molecule has 0 aliphatic heterocycles. The number of para-hydroxylation sites is 1. The molecule has 9 rings (SSSR count). The summed E-state index contributed by atoms with van der Waals surface area (Å²) in [7, 11) is 0. The second kappa shape index (κ2) is 10.4. The van der Waals surface area contributed by atoms with Crippen LogP contribution in [0.1, 0.15) is 51.3 Å². The molecule has 0 unspecified atom stereocenters. The standard InChI is InChI=1S/C45H38N2S/c1-44(2,3)30-16-21-42-37(25-30)38-26-32(19-22-43(38)48-42)47(33-18-20-36-35-13-9-10-14-39(35)45(4,5)40(36)27-33)34-17-15-29-23-24-46(41(29)28-34)31-11-7-6-8-12-31/h6-28H,1-5H3. The molecule has 2 heterocycles. The van der Waals surface area contributed by atoms with Gasteiger partial charge in [-0.15, -0.1) is 11.3 Å². The van der Waals surface area contributed by atoms with Gasteiger partial charge in [0, 0.05) is 59.9 Å². The number of benzene rings is 6. The molecule has 2 aromatic heterocycles. The summed E-state index contributed by atoms with van der Waals surface area (Å²) in [5.41, 5.74) is 12.6. The maximum absolute atomic E-state index is 2.46. The third-order valence-corrected chi connectivity index (χ3v) is 11.5. The smallest absolute Gasteiger partial charge is 0.0549 e. The number of nitrogens with zero attached hydrogens (tertiary/aromatic N) is 2. The first-order chi connectivity index (χ1) is 23.2. The number of thiophene rings is 1. The van der Waals surface area contributed by atoms with Crippen LogP contribution in [0.2, 0.25) is 0 Å². The first-order valence-corrected chi connectivity index (χ1v) is 17.7. The van der Waals surface area contributed by atoms with E-state index in [0.717, 1.165) is 17.1 Å². The maximum Gasteiger partial charge on any atom is 0.0549 e. The summed E-state index contributed by atoms with van der Waals surface area (Å²) in [6.45, 7) is 11.6. The van der Waals surface area contributed by atoms with Gasteiger partial charge in [-0.2, -0.15) is 0 Å². The minimum absolute atomic E-state index is 0.0869. The molecule has 48 heavy (non-hydrogen) atoms. The molecular weight excluding hydrogens is 601 g/mol. The third kappa shape index (κ3) is 4.45. The zero-order chi connectivity index (χ0) is 32.8. The summed E-state index contributed by atoms with van der Waals surface area (Å²) >= 11 is 1.88. The van der Waals surface area contributed by atoms with Crippen molar-refractivity contribution in [2.75, 3.05) is 4.90 Å². The first-order valence-electron chi connectivity index (χ1n) is 16.8. The summed E-state index contributed by atoms with van der Waals surface area (Å²) in [6, 6.07) is 49.7. The number of hydrogen-bond donors (Lipinski definition) is 0. The van der Waals surface area contributed by atoms with Crippen molar-refractivity contribution in [1.29, 1.82) is 0 Å². The van der Waals surface area contributed by atoms with Crippen LogP contribution in [0.25, 0.3) is 47.9 Å². The number of fused-ring (bicyclic) bond motifs is 7. The van der Waals surface area contributed by atoms with Crippen LogP contribution in [-0.4, -0.2) is 4.57 Å². The molecule has 0 N–H and O–H groups in total. The monoisotopic (exact) mass is 638 g/mol. The van der Waals surface area contributed by atoms with E-state index in [1.807, 2.05) is 11.3 Å². The van der Waals surface area contributed by atoms with Gasteiger partial charge in [-0.25, -0.2) is 0 Å². The lowest BCUT2D eigenvalue weighted by Crippen LogP contribution is -2.16. The van der Waals surface area contributed by atoms with Crippen LogP contribution < -0.4 is 4.90 Å². The average Bonchev–Trinajstić information content (AvgIpc) is 3.75. The molecule has 0 amide bonds. The van der Waals surface area contributed by atoms with Crippen LogP contribution >= 0.6 is 11.3 Å². The minimum atomic E-state index is -0.0869. The van der Waals surface area contributed by atoms with Crippen molar-refractivity contribution in [1.82, 2.24) is 4.57 Å². The fourth-order valence-corrected chi connectivity index (χ4v) is 8.79. The van der Waals surface area contributed by atoms with Crippen molar-refractivity contribution >= 4 is 59.5 Å². The van der Waals surface area contributed by atoms with E-state index in [1.165, 1.54) is 64.6 Å². The summed E-state index contributed by atoms with van der Waals surface area (Å²) < 4.78 is 4.95. The van der Waals surface area contributed by atoms with Gasteiger partial charge in [-0.1, -0.05) is 95.3 Å². The summed E-state index contributed by atoms with van der Waals surface area (Å²) in [5, 5.41) is 3.87. The van der Waals surface area contributed by atoms with Crippen molar-refractivity contribution < 1.29 is 0 Å². The molecule has 0 saturated heterocycles. The van der Waals surface area contributed by atoms with E-state index < -0.39 is 0 Å². The largest absolute Gasteiger partial charge is 0.316 e. The van der Waals surface area contributed by atoms with E-state index in [4.69, 9.17) is 0 Å². The second-order valence-electron chi connectivity index (χ2n) is 14.7. The molecule has 0 spiro atoms. The number of rotatable bonds is 4. The highest BCUT2D eigenvalue weighted by Gasteiger charge is 2.35. The Bertz CT molecular complexity index is 2520. The van der Waals surface area contributed by atoms with E-state index in [2.05, 4.69) is 184 Å². The Kier molecular flexibility index (Phi) is 6.32. The molecule has 2 nitrogen and oxygen atoms in total. The van der Waals surface area contributed by atoms with Crippen LogP contribution in [0.5, 0.6) is 0 Å². The molecule has 3 heteroatoms.